The Balaban J connectivity index is 1.76. The number of nitrogens with zero attached hydrogens (tertiary/aromatic N) is 1. The summed E-state index contributed by atoms with van der Waals surface area (Å²) < 4.78 is 39.8. The van der Waals surface area contributed by atoms with Crippen LogP contribution in [0.3, 0.4) is 0 Å². The maximum atomic E-state index is 12.0. The van der Waals surface area contributed by atoms with Crippen LogP contribution in [-0.2, 0) is 11.3 Å². The monoisotopic (exact) mass is 325 g/mol. The molecule has 0 spiro atoms. The lowest BCUT2D eigenvalue weighted by atomic mass is 10.3. The van der Waals surface area contributed by atoms with E-state index >= 15 is 0 Å². The summed E-state index contributed by atoms with van der Waals surface area (Å²) in [6.07, 6.45) is -1.40. The van der Waals surface area contributed by atoms with E-state index < -0.39 is 6.36 Å². The summed E-state index contributed by atoms with van der Waals surface area (Å²) in [7, 11) is 0. The van der Waals surface area contributed by atoms with Gasteiger partial charge < -0.3 is 15.4 Å². The van der Waals surface area contributed by atoms with Crippen molar-refractivity contribution in [1.29, 1.82) is 0 Å². The first-order chi connectivity index (χ1) is 10.9. The zero-order valence-corrected chi connectivity index (χ0v) is 11.9. The van der Waals surface area contributed by atoms with Gasteiger partial charge >= 0.3 is 6.36 Å². The van der Waals surface area contributed by atoms with E-state index in [9.17, 15) is 18.0 Å². The maximum absolute atomic E-state index is 12.0. The highest BCUT2D eigenvalue weighted by atomic mass is 19.4. The van der Waals surface area contributed by atoms with Crippen molar-refractivity contribution in [2.45, 2.75) is 12.9 Å². The zero-order chi connectivity index (χ0) is 16.7. The lowest BCUT2D eigenvalue weighted by molar-refractivity contribution is -0.274. The molecule has 0 bridgehead atoms. The third kappa shape index (κ3) is 6.35. The molecule has 0 saturated heterocycles. The van der Waals surface area contributed by atoms with E-state index in [1.807, 2.05) is 6.07 Å². The van der Waals surface area contributed by atoms with Gasteiger partial charge in [0.2, 0.25) is 5.91 Å². The summed E-state index contributed by atoms with van der Waals surface area (Å²) in [6, 6.07) is 8.59. The number of carbonyl (C=O) groups is 1. The Bertz CT molecular complexity index is 631. The van der Waals surface area contributed by atoms with Gasteiger partial charge in [-0.15, -0.1) is 13.2 Å². The Morgan fingerprint density at radius 2 is 1.91 bits per heavy atom. The molecule has 0 fully saturated rings. The lowest BCUT2D eigenvalue weighted by Gasteiger charge is -2.10. The van der Waals surface area contributed by atoms with Crippen molar-refractivity contribution in [3.8, 4) is 5.75 Å². The fraction of sp³-hybridized carbons (Fsp3) is 0.200. The number of nitrogens with one attached hydrogen (secondary N) is 2. The molecular weight excluding hydrogens is 311 g/mol. The first-order valence-corrected chi connectivity index (χ1v) is 6.68. The Morgan fingerprint density at radius 1 is 1.17 bits per heavy atom. The normalized spacial score (nSPS) is 11.1. The van der Waals surface area contributed by atoms with Gasteiger partial charge in [-0.05, 0) is 35.9 Å². The van der Waals surface area contributed by atoms with E-state index in [0.717, 1.165) is 17.7 Å². The largest absolute Gasteiger partial charge is 0.573 e. The Kier molecular flexibility index (Phi) is 5.53. The van der Waals surface area contributed by atoms with Gasteiger partial charge in [0.1, 0.15) is 5.75 Å². The number of hydrogen-bond acceptors (Lipinski definition) is 4. The second kappa shape index (κ2) is 7.59. The Labute approximate surface area is 130 Å². The molecule has 122 valence electrons. The van der Waals surface area contributed by atoms with E-state index in [2.05, 4.69) is 20.4 Å². The molecular formula is C15H14F3N3O2. The van der Waals surface area contributed by atoms with Crippen LogP contribution in [0.15, 0.2) is 48.8 Å². The van der Waals surface area contributed by atoms with Crippen molar-refractivity contribution in [3.63, 3.8) is 0 Å². The van der Waals surface area contributed by atoms with E-state index in [4.69, 9.17) is 0 Å². The number of halogens is 3. The molecule has 2 rings (SSSR count). The van der Waals surface area contributed by atoms with Crippen LogP contribution in [0.2, 0.25) is 0 Å². The van der Waals surface area contributed by atoms with Crippen LogP contribution in [-0.4, -0.2) is 23.8 Å². The SMILES string of the molecule is O=C(CNCc1cccnc1)Nc1ccc(OC(F)(F)F)cc1. The zero-order valence-electron chi connectivity index (χ0n) is 11.9. The van der Waals surface area contributed by atoms with Gasteiger partial charge in [-0.2, -0.15) is 0 Å². The van der Waals surface area contributed by atoms with E-state index in [1.54, 1.807) is 18.5 Å². The van der Waals surface area contributed by atoms with E-state index in [0.29, 0.717) is 12.2 Å². The van der Waals surface area contributed by atoms with Crippen LogP contribution < -0.4 is 15.4 Å². The fourth-order valence-electron chi connectivity index (χ4n) is 1.77. The highest BCUT2D eigenvalue weighted by Gasteiger charge is 2.30. The lowest BCUT2D eigenvalue weighted by Crippen LogP contribution is -2.27. The van der Waals surface area contributed by atoms with Crippen LogP contribution in [0, 0.1) is 0 Å². The first kappa shape index (κ1) is 16.8. The molecule has 5 nitrogen and oxygen atoms in total. The predicted molar refractivity (Wildman–Crippen MR) is 77.7 cm³/mol. The molecule has 0 unspecified atom stereocenters. The highest BCUT2D eigenvalue weighted by Crippen LogP contribution is 2.23. The van der Waals surface area contributed by atoms with Crippen LogP contribution in [0.5, 0.6) is 5.75 Å². The molecule has 0 aliphatic heterocycles. The summed E-state index contributed by atoms with van der Waals surface area (Å²) in [6.45, 7) is 0.551. The second-order valence-corrected chi connectivity index (χ2v) is 4.59. The van der Waals surface area contributed by atoms with Gasteiger partial charge in [-0.1, -0.05) is 6.07 Å². The molecule has 1 amide bonds. The number of alkyl halides is 3. The molecule has 1 heterocycles. The number of aromatic nitrogens is 1. The van der Waals surface area contributed by atoms with Gasteiger partial charge in [0.25, 0.3) is 0 Å². The maximum Gasteiger partial charge on any atom is 0.573 e. The highest BCUT2D eigenvalue weighted by molar-refractivity contribution is 5.92. The molecule has 0 aliphatic carbocycles. The third-order valence-corrected chi connectivity index (χ3v) is 2.71. The summed E-state index contributed by atoms with van der Waals surface area (Å²) in [4.78, 5) is 15.7. The van der Waals surface area contributed by atoms with E-state index in [-0.39, 0.29) is 18.2 Å². The number of carbonyl (C=O) groups excluding carboxylic acids is 1. The van der Waals surface area contributed by atoms with Crippen molar-refractivity contribution < 1.29 is 22.7 Å². The van der Waals surface area contributed by atoms with Crippen molar-refractivity contribution >= 4 is 11.6 Å². The van der Waals surface area contributed by atoms with Crippen LogP contribution in [0.25, 0.3) is 0 Å². The van der Waals surface area contributed by atoms with Crippen LogP contribution in [0.4, 0.5) is 18.9 Å². The molecule has 23 heavy (non-hydrogen) atoms. The average molecular weight is 325 g/mol. The molecule has 8 heteroatoms. The average Bonchev–Trinajstić information content (AvgIpc) is 2.49. The number of rotatable bonds is 6. The van der Waals surface area contributed by atoms with Crippen molar-refractivity contribution in [2.75, 3.05) is 11.9 Å². The molecule has 0 aliphatic rings. The molecule has 0 saturated carbocycles. The number of hydrogen-bond donors (Lipinski definition) is 2. The van der Waals surface area contributed by atoms with Gasteiger partial charge in [-0.3, -0.25) is 9.78 Å². The van der Waals surface area contributed by atoms with Gasteiger partial charge in [-0.25, -0.2) is 0 Å². The smallest absolute Gasteiger partial charge is 0.406 e. The third-order valence-electron chi connectivity index (χ3n) is 2.71. The Hall–Kier alpha value is -2.61. The number of ether oxygens (including phenoxy) is 1. The number of benzene rings is 1. The summed E-state index contributed by atoms with van der Waals surface area (Å²) in [5.74, 6) is -0.649. The first-order valence-electron chi connectivity index (χ1n) is 6.68. The minimum atomic E-state index is -4.74. The van der Waals surface area contributed by atoms with Crippen LogP contribution in [0.1, 0.15) is 5.56 Å². The quantitative estimate of drug-likeness (QED) is 0.857. The number of amides is 1. The molecule has 0 atom stereocenters. The molecule has 2 aromatic rings. The summed E-state index contributed by atoms with van der Waals surface area (Å²) in [5.41, 5.74) is 1.32. The Morgan fingerprint density at radius 3 is 2.52 bits per heavy atom. The van der Waals surface area contributed by atoms with Gasteiger partial charge in [0.05, 0.1) is 6.54 Å². The van der Waals surface area contributed by atoms with Gasteiger partial charge in [0.15, 0.2) is 0 Å². The summed E-state index contributed by atoms with van der Waals surface area (Å²) in [5, 5.41) is 5.50. The summed E-state index contributed by atoms with van der Waals surface area (Å²) >= 11 is 0. The topological polar surface area (TPSA) is 63.2 Å². The second-order valence-electron chi connectivity index (χ2n) is 4.59. The fourth-order valence-corrected chi connectivity index (χ4v) is 1.77. The van der Waals surface area contributed by atoms with Gasteiger partial charge in [0, 0.05) is 24.6 Å². The molecule has 0 radical (unpaired) electrons. The molecule has 1 aromatic heterocycles. The van der Waals surface area contributed by atoms with Crippen molar-refractivity contribution in [2.24, 2.45) is 0 Å². The number of pyridine rings is 1. The predicted octanol–water partition coefficient (Wildman–Crippen LogP) is 2.71. The minimum Gasteiger partial charge on any atom is -0.406 e. The standard InChI is InChI=1S/C15H14F3N3O2/c16-15(17,18)23-13-5-3-12(4-6-13)21-14(22)10-20-9-11-2-1-7-19-8-11/h1-8,20H,9-10H2,(H,21,22). The molecule has 1 aromatic carbocycles. The van der Waals surface area contributed by atoms with E-state index in [1.165, 1.54) is 12.1 Å². The number of anilines is 1. The van der Waals surface area contributed by atoms with Crippen LogP contribution >= 0.6 is 0 Å². The van der Waals surface area contributed by atoms with Crippen molar-refractivity contribution in [3.05, 3.63) is 54.4 Å². The van der Waals surface area contributed by atoms with Crippen molar-refractivity contribution in [1.82, 2.24) is 10.3 Å². The molecule has 2 N–H and O–H groups in total. The minimum absolute atomic E-state index is 0.0652.